The number of esters is 1. The van der Waals surface area contributed by atoms with E-state index in [0.717, 1.165) is 70.6 Å². The molecule has 0 amide bonds. The zero-order chi connectivity index (χ0) is 42.6. The molecule has 4 heteroatoms. The van der Waals surface area contributed by atoms with Gasteiger partial charge in [0, 0.05) is 13.0 Å². The predicted molar refractivity (Wildman–Crippen MR) is 260 cm³/mol. The molecular weight excluding hydrogens is 725 g/mol. The van der Waals surface area contributed by atoms with Crippen LogP contribution in [0.15, 0.2) is 97.2 Å². The topological polar surface area (TPSA) is 55.8 Å². The Morgan fingerprint density at radius 2 is 0.763 bits per heavy atom. The fraction of sp³-hybridized carbons (Fsp3) is 0.691. The van der Waals surface area contributed by atoms with Crippen LogP contribution in [0.1, 0.15) is 219 Å². The van der Waals surface area contributed by atoms with Gasteiger partial charge in [-0.3, -0.25) is 4.79 Å². The van der Waals surface area contributed by atoms with Crippen LogP contribution in [0.2, 0.25) is 0 Å². The first-order chi connectivity index (χ1) is 29.2. The molecular formula is C55H94O4. The van der Waals surface area contributed by atoms with Gasteiger partial charge in [-0.05, 0) is 96.3 Å². The molecule has 0 heterocycles. The molecule has 0 radical (unpaired) electrons. The molecule has 0 fully saturated rings. The van der Waals surface area contributed by atoms with E-state index < -0.39 is 6.10 Å². The first-order valence-electron chi connectivity index (χ1n) is 24.8. The van der Waals surface area contributed by atoms with Crippen molar-refractivity contribution in [3.63, 3.8) is 0 Å². The lowest BCUT2D eigenvalue weighted by Gasteiger charge is -2.16. The Morgan fingerprint density at radius 3 is 1.15 bits per heavy atom. The van der Waals surface area contributed by atoms with Gasteiger partial charge in [-0.1, -0.05) is 214 Å². The van der Waals surface area contributed by atoms with Crippen molar-refractivity contribution in [3.05, 3.63) is 97.2 Å². The van der Waals surface area contributed by atoms with Crippen molar-refractivity contribution in [1.82, 2.24) is 0 Å². The second kappa shape index (κ2) is 51.5. The maximum absolute atomic E-state index is 12.3. The summed E-state index contributed by atoms with van der Waals surface area (Å²) in [6.45, 7) is 5.19. The molecule has 0 rings (SSSR count). The Balaban J connectivity index is 3.50. The third-order valence-corrected chi connectivity index (χ3v) is 10.4. The summed E-state index contributed by atoms with van der Waals surface area (Å²) in [7, 11) is 0. The Morgan fingerprint density at radius 1 is 0.424 bits per heavy atom. The fourth-order valence-electron chi connectivity index (χ4n) is 6.71. The van der Waals surface area contributed by atoms with Crippen molar-refractivity contribution in [2.24, 2.45) is 0 Å². The molecule has 0 bridgehead atoms. The number of unbranched alkanes of at least 4 members (excludes halogenated alkanes) is 21. The van der Waals surface area contributed by atoms with Gasteiger partial charge in [-0.15, -0.1) is 0 Å². The molecule has 0 aliphatic rings. The lowest BCUT2D eigenvalue weighted by atomic mass is 10.1. The SMILES string of the molecule is CC/C=C\C/C=C\C/C=C\C/C=C\C/C=C\CCCCCCCCCCCC(=O)OC(CO)COCCCCCCCCC/C=C\C/C=C\C/C=C\CCCCCCC. The molecule has 1 unspecified atom stereocenters. The minimum absolute atomic E-state index is 0.184. The average Bonchev–Trinajstić information content (AvgIpc) is 3.24. The number of ether oxygens (including phenoxy) is 2. The number of hydrogen-bond donors (Lipinski definition) is 1. The maximum atomic E-state index is 12.3. The zero-order valence-electron chi connectivity index (χ0n) is 38.7. The van der Waals surface area contributed by atoms with Gasteiger partial charge < -0.3 is 14.6 Å². The van der Waals surface area contributed by atoms with Crippen LogP contribution in [0.4, 0.5) is 0 Å². The molecule has 1 N–H and O–H groups in total. The summed E-state index contributed by atoms with van der Waals surface area (Å²) in [5.74, 6) is -0.213. The molecule has 0 saturated heterocycles. The second-order valence-electron chi connectivity index (χ2n) is 16.2. The summed E-state index contributed by atoms with van der Waals surface area (Å²) in [4.78, 5) is 12.3. The van der Waals surface area contributed by atoms with E-state index in [9.17, 15) is 9.90 Å². The standard InChI is InChI=1S/C55H94O4/c1-3-5-7-9-11-13-15-17-19-21-23-25-27-28-29-30-32-34-36-38-40-42-44-46-48-50-55(57)59-54(52-56)53-58-51-49-47-45-43-41-39-37-35-33-31-26-24-22-20-18-16-14-12-10-8-6-4-2/h5,7,11,13,16-19,22-25,28-29,31,33,54,56H,3-4,6,8-10,12,14-15,20-21,26-27,30,32,34-53H2,1-2H3/b7-5-,13-11-,18-16-,19-17-,24-22-,25-23-,29-28-,33-31-. The van der Waals surface area contributed by atoms with Crippen LogP contribution in [0, 0.1) is 0 Å². The molecule has 59 heavy (non-hydrogen) atoms. The zero-order valence-corrected chi connectivity index (χ0v) is 38.7. The molecule has 4 nitrogen and oxygen atoms in total. The maximum Gasteiger partial charge on any atom is 0.306 e. The smallest absolute Gasteiger partial charge is 0.306 e. The van der Waals surface area contributed by atoms with Crippen molar-refractivity contribution in [2.75, 3.05) is 19.8 Å². The monoisotopic (exact) mass is 819 g/mol. The lowest BCUT2D eigenvalue weighted by molar-refractivity contribution is -0.154. The van der Waals surface area contributed by atoms with E-state index in [1.54, 1.807) is 0 Å². The third-order valence-electron chi connectivity index (χ3n) is 10.4. The molecule has 0 spiro atoms. The van der Waals surface area contributed by atoms with Crippen LogP contribution < -0.4 is 0 Å². The van der Waals surface area contributed by atoms with E-state index in [0.29, 0.717) is 13.0 Å². The molecule has 0 saturated carbocycles. The van der Waals surface area contributed by atoms with Crippen molar-refractivity contribution in [1.29, 1.82) is 0 Å². The highest BCUT2D eigenvalue weighted by atomic mass is 16.6. The molecule has 0 aliphatic carbocycles. The van der Waals surface area contributed by atoms with E-state index in [1.165, 1.54) is 128 Å². The van der Waals surface area contributed by atoms with Crippen molar-refractivity contribution < 1.29 is 19.4 Å². The minimum atomic E-state index is -0.551. The highest BCUT2D eigenvalue weighted by Crippen LogP contribution is 2.13. The Labute approximate surface area is 366 Å². The Bertz CT molecular complexity index is 1090. The first kappa shape index (κ1) is 56.3. The van der Waals surface area contributed by atoms with E-state index in [1.807, 2.05) is 0 Å². The van der Waals surface area contributed by atoms with Gasteiger partial charge in [-0.2, -0.15) is 0 Å². The molecule has 1 atom stereocenters. The van der Waals surface area contributed by atoms with Gasteiger partial charge in [0.25, 0.3) is 0 Å². The molecule has 0 aromatic rings. The third kappa shape index (κ3) is 49.6. The molecule has 0 aromatic heterocycles. The van der Waals surface area contributed by atoms with E-state index in [4.69, 9.17) is 9.47 Å². The first-order valence-corrected chi connectivity index (χ1v) is 24.8. The molecule has 0 aliphatic heterocycles. The van der Waals surface area contributed by atoms with Crippen molar-refractivity contribution in [3.8, 4) is 0 Å². The number of aliphatic hydroxyl groups is 1. The van der Waals surface area contributed by atoms with Gasteiger partial charge in [0.2, 0.25) is 0 Å². The van der Waals surface area contributed by atoms with Crippen LogP contribution in [0.25, 0.3) is 0 Å². The van der Waals surface area contributed by atoms with Crippen LogP contribution in [-0.4, -0.2) is 37.0 Å². The Hall–Kier alpha value is -2.69. The Kier molecular flexibility index (Phi) is 49.1. The minimum Gasteiger partial charge on any atom is -0.457 e. The number of rotatable bonds is 45. The van der Waals surface area contributed by atoms with E-state index in [-0.39, 0.29) is 19.2 Å². The van der Waals surface area contributed by atoms with E-state index >= 15 is 0 Å². The highest BCUT2D eigenvalue weighted by Gasteiger charge is 2.13. The fourth-order valence-corrected chi connectivity index (χ4v) is 6.71. The van der Waals surface area contributed by atoms with Crippen LogP contribution >= 0.6 is 0 Å². The lowest BCUT2D eigenvalue weighted by Crippen LogP contribution is -2.27. The normalized spacial score (nSPS) is 13.2. The van der Waals surface area contributed by atoms with Gasteiger partial charge in [0.05, 0.1) is 13.2 Å². The number of aliphatic hydroxyl groups excluding tert-OH is 1. The number of hydrogen-bond acceptors (Lipinski definition) is 4. The highest BCUT2D eigenvalue weighted by molar-refractivity contribution is 5.69. The number of carbonyl (C=O) groups excluding carboxylic acids is 1. The second-order valence-corrected chi connectivity index (χ2v) is 16.2. The van der Waals surface area contributed by atoms with Gasteiger partial charge in [0.15, 0.2) is 0 Å². The van der Waals surface area contributed by atoms with Gasteiger partial charge in [0.1, 0.15) is 6.10 Å². The largest absolute Gasteiger partial charge is 0.457 e. The van der Waals surface area contributed by atoms with E-state index in [2.05, 4.69) is 111 Å². The van der Waals surface area contributed by atoms with Crippen LogP contribution in [0.3, 0.4) is 0 Å². The van der Waals surface area contributed by atoms with Gasteiger partial charge in [-0.25, -0.2) is 0 Å². The van der Waals surface area contributed by atoms with Crippen molar-refractivity contribution in [2.45, 2.75) is 225 Å². The predicted octanol–water partition coefficient (Wildman–Crippen LogP) is 16.9. The summed E-state index contributed by atoms with van der Waals surface area (Å²) >= 11 is 0. The van der Waals surface area contributed by atoms with Crippen LogP contribution in [0.5, 0.6) is 0 Å². The van der Waals surface area contributed by atoms with Crippen molar-refractivity contribution >= 4 is 5.97 Å². The number of allylic oxidation sites excluding steroid dienone is 16. The molecule has 0 aromatic carbocycles. The summed E-state index contributed by atoms with van der Waals surface area (Å²) in [6, 6.07) is 0. The summed E-state index contributed by atoms with van der Waals surface area (Å²) in [6.07, 6.45) is 73.4. The quantitative estimate of drug-likeness (QED) is 0.0378. The summed E-state index contributed by atoms with van der Waals surface area (Å²) < 4.78 is 11.2. The number of carbonyl (C=O) groups is 1. The average molecular weight is 819 g/mol. The van der Waals surface area contributed by atoms with Gasteiger partial charge >= 0.3 is 5.97 Å². The summed E-state index contributed by atoms with van der Waals surface area (Å²) in [5.41, 5.74) is 0. The summed E-state index contributed by atoms with van der Waals surface area (Å²) in [5, 5.41) is 9.65. The molecule has 338 valence electrons. The van der Waals surface area contributed by atoms with Crippen LogP contribution in [-0.2, 0) is 14.3 Å².